The number of alkyl carbamates (subject to hydrolysis) is 1. The van der Waals surface area contributed by atoms with Crippen molar-refractivity contribution in [2.75, 3.05) is 45.4 Å². The number of nitrogens with zero attached hydrogens (tertiary/aromatic N) is 1. The SMILES string of the molecule is CCOC(=O)NCC1(c2cccc(OC)c2)CCN(c2ccccc2OC)CC1. The van der Waals surface area contributed by atoms with Gasteiger partial charge in [0.25, 0.3) is 0 Å². The molecule has 1 amide bonds. The van der Waals surface area contributed by atoms with Crippen LogP contribution in [0.15, 0.2) is 48.5 Å². The van der Waals surface area contributed by atoms with Crippen molar-refractivity contribution >= 4 is 11.8 Å². The minimum atomic E-state index is -0.373. The maximum atomic E-state index is 12.0. The Morgan fingerprint density at radius 3 is 2.52 bits per heavy atom. The van der Waals surface area contributed by atoms with Crippen LogP contribution in [-0.4, -0.2) is 46.6 Å². The van der Waals surface area contributed by atoms with Gasteiger partial charge in [-0.1, -0.05) is 24.3 Å². The zero-order chi connectivity index (χ0) is 20.7. The normalized spacial score (nSPS) is 15.5. The van der Waals surface area contributed by atoms with Gasteiger partial charge in [-0.3, -0.25) is 0 Å². The molecule has 0 unspecified atom stereocenters. The van der Waals surface area contributed by atoms with E-state index >= 15 is 0 Å². The summed E-state index contributed by atoms with van der Waals surface area (Å²) in [5, 5.41) is 2.96. The highest BCUT2D eigenvalue weighted by atomic mass is 16.5. The van der Waals surface area contributed by atoms with Crippen LogP contribution in [-0.2, 0) is 10.2 Å². The standard InChI is InChI=1S/C23H30N2O4/c1-4-29-22(26)24-17-23(18-8-7-9-19(16-18)27-2)12-14-25(15-13-23)20-10-5-6-11-21(20)28-3/h5-11,16H,4,12-15,17H2,1-3H3,(H,24,26). The molecule has 1 saturated heterocycles. The van der Waals surface area contributed by atoms with Gasteiger partial charge in [-0.15, -0.1) is 0 Å². The van der Waals surface area contributed by atoms with Gasteiger partial charge in [0.15, 0.2) is 0 Å². The average Bonchev–Trinajstić information content (AvgIpc) is 2.78. The Kier molecular flexibility index (Phi) is 6.86. The van der Waals surface area contributed by atoms with Crippen molar-refractivity contribution in [1.29, 1.82) is 0 Å². The number of amides is 1. The first kappa shape index (κ1) is 20.8. The molecule has 0 spiro atoms. The van der Waals surface area contributed by atoms with E-state index in [2.05, 4.69) is 28.4 Å². The zero-order valence-corrected chi connectivity index (χ0v) is 17.4. The highest BCUT2D eigenvalue weighted by Crippen LogP contribution is 2.39. The molecule has 1 heterocycles. The summed E-state index contributed by atoms with van der Waals surface area (Å²) in [7, 11) is 3.37. The second-order valence-corrected chi connectivity index (χ2v) is 7.25. The molecule has 0 aromatic heterocycles. The lowest BCUT2D eigenvalue weighted by Gasteiger charge is -2.43. The van der Waals surface area contributed by atoms with Crippen LogP contribution in [0.25, 0.3) is 0 Å². The van der Waals surface area contributed by atoms with E-state index in [1.807, 2.05) is 37.3 Å². The zero-order valence-electron chi connectivity index (χ0n) is 17.4. The minimum absolute atomic E-state index is 0.181. The number of nitrogens with one attached hydrogen (secondary N) is 1. The maximum Gasteiger partial charge on any atom is 0.407 e. The Balaban J connectivity index is 1.82. The summed E-state index contributed by atoms with van der Waals surface area (Å²) in [6.45, 7) is 4.42. The van der Waals surface area contributed by atoms with Gasteiger partial charge in [0.1, 0.15) is 11.5 Å². The van der Waals surface area contributed by atoms with Crippen LogP contribution in [0, 0.1) is 0 Å². The second-order valence-electron chi connectivity index (χ2n) is 7.25. The molecular formula is C23H30N2O4. The molecule has 3 rings (SSSR count). The number of hydrogen-bond donors (Lipinski definition) is 1. The average molecular weight is 399 g/mol. The van der Waals surface area contributed by atoms with Crippen molar-refractivity contribution < 1.29 is 19.0 Å². The lowest BCUT2D eigenvalue weighted by Crippen LogP contribution is -2.49. The van der Waals surface area contributed by atoms with Crippen molar-refractivity contribution in [3.8, 4) is 11.5 Å². The summed E-state index contributed by atoms with van der Waals surface area (Å²) in [4.78, 5) is 14.3. The Bertz CT molecular complexity index is 816. The summed E-state index contributed by atoms with van der Waals surface area (Å²) in [6, 6.07) is 16.2. The van der Waals surface area contributed by atoms with Gasteiger partial charge >= 0.3 is 6.09 Å². The van der Waals surface area contributed by atoms with Crippen molar-refractivity contribution in [2.24, 2.45) is 0 Å². The Morgan fingerprint density at radius 1 is 1.07 bits per heavy atom. The molecule has 2 aromatic carbocycles. The molecule has 1 fully saturated rings. The molecule has 0 saturated carbocycles. The number of piperidine rings is 1. The highest BCUT2D eigenvalue weighted by molar-refractivity contribution is 5.67. The van der Waals surface area contributed by atoms with E-state index in [0.29, 0.717) is 13.2 Å². The van der Waals surface area contributed by atoms with Crippen LogP contribution in [0.5, 0.6) is 11.5 Å². The van der Waals surface area contributed by atoms with E-state index in [4.69, 9.17) is 14.2 Å². The Labute approximate surface area is 172 Å². The van der Waals surface area contributed by atoms with Gasteiger partial charge in [-0.25, -0.2) is 4.79 Å². The number of rotatable bonds is 7. The van der Waals surface area contributed by atoms with E-state index < -0.39 is 0 Å². The van der Waals surface area contributed by atoms with Crippen LogP contribution >= 0.6 is 0 Å². The largest absolute Gasteiger partial charge is 0.497 e. The number of carbonyl (C=O) groups excluding carboxylic acids is 1. The molecule has 1 aliphatic heterocycles. The van der Waals surface area contributed by atoms with Crippen molar-refractivity contribution in [1.82, 2.24) is 5.32 Å². The van der Waals surface area contributed by atoms with E-state index in [1.54, 1.807) is 14.2 Å². The van der Waals surface area contributed by atoms with Gasteiger partial charge in [-0.05, 0) is 49.6 Å². The van der Waals surface area contributed by atoms with Crippen LogP contribution < -0.4 is 19.7 Å². The van der Waals surface area contributed by atoms with E-state index in [-0.39, 0.29) is 11.5 Å². The number of anilines is 1. The number of para-hydroxylation sites is 2. The number of ether oxygens (including phenoxy) is 3. The first-order chi connectivity index (χ1) is 14.1. The minimum Gasteiger partial charge on any atom is -0.497 e. The molecule has 6 heteroatoms. The highest BCUT2D eigenvalue weighted by Gasteiger charge is 2.37. The molecule has 0 bridgehead atoms. The van der Waals surface area contributed by atoms with Gasteiger partial charge in [-0.2, -0.15) is 0 Å². The van der Waals surface area contributed by atoms with E-state index in [0.717, 1.165) is 43.1 Å². The molecule has 1 N–H and O–H groups in total. The Morgan fingerprint density at radius 2 is 1.83 bits per heavy atom. The van der Waals surface area contributed by atoms with Crippen molar-refractivity contribution in [2.45, 2.75) is 25.2 Å². The number of benzene rings is 2. The van der Waals surface area contributed by atoms with Gasteiger partial charge in [0.2, 0.25) is 0 Å². The molecule has 1 aliphatic rings. The van der Waals surface area contributed by atoms with Gasteiger partial charge < -0.3 is 24.4 Å². The van der Waals surface area contributed by atoms with Crippen LogP contribution in [0.4, 0.5) is 10.5 Å². The fraction of sp³-hybridized carbons (Fsp3) is 0.435. The molecule has 0 aliphatic carbocycles. The first-order valence-electron chi connectivity index (χ1n) is 10.0. The monoisotopic (exact) mass is 398 g/mol. The maximum absolute atomic E-state index is 12.0. The lowest BCUT2D eigenvalue weighted by atomic mass is 9.72. The third-order valence-corrected chi connectivity index (χ3v) is 5.68. The molecule has 0 atom stereocenters. The molecule has 156 valence electrons. The number of hydrogen-bond acceptors (Lipinski definition) is 5. The molecule has 6 nitrogen and oxygen atoms in total. The summed E-state index contributed by atoms with van der Waals surface area (Å²) in [6.07, 6.45) is 1.41. The first-order valence-corrected chi connectivity index (χ1v) is 10.0. The molecular weight excluding hydrogens is 368 g/mol. The van der Waals surface area contributed by atoms with Gasteiger partial charge in [0, 0.05) is 25.0 Å². The third kappa shape index (κ3) is 4.75. The summed E-state index contributed by atoms with van der Waals surface area (Å²) < 4.78 is 16.1. The molecule has 29 heavy (non-hydrogen) atoms. The summed E-state index contributed by atoms with van der Waals surface area (Å²) >= 11 is 0. The topological polar surface area (TPSA) is 60.0 Å². The van der Waals surface area contributed by atoms with Crippen LogP contribution in [0.3, 0.4) is 0 Å². The lowest BCUT2D eigenvalue weighted by molar-refractivity contribution is 0.147. The third-order valence-electron chi connectivity index (χ3n) is 5.68. The molecule has 0 radical (unpaired) electrons. The second kappa shape index (κ2) is 9.54. The predicted molar refractivity (Wildman–Crippen MR) is 114 cm³/mol. The van der Waals surface area contributed by atoms with Crippen molar-refractivity contribution in [3.05, 3.63) is 54.1 Å². The van der Waals surface area contributed by atoms with E-state index in [1.165, 1.54) is 5.56 Å². The van der Waals surface area contributed by atoms with Crippen molar-refractivity contribution in [3.63, 3.8) is 0 Å². The predicted octanol–water partition coefficient (Wildman–Crippen LogP) is 3.99. The number of carbonyl (C=O) groups is 1. The fourth-order valence-electron chi connectivity index (χ4n) is 4.01. The molecule has 2 aromatic rings. The van der Waals surface area contributed by atoms with Crippen LogP contribution in [0.1, 0.15) is 25.3 Å². The van der Waals surface area contributed by atoms with Gasteiger partial charge in [0.05, 0.1) is 26.5 Å². The summed E-state index contributed by atoms with van der Waals surface area (Å²) in [5.74, 6) is 1.70. The quantitative estimate of drug-likeness (QED) is 0.764. The fourth-order valence-corrected chi connectivity index (χ4v) is 4.01. The van der Waals surface area contributed by atoms with E-state index in [9.17, 15) is 4.79 Å². The smallest absolute Gasteiger partial charge is 0.407 e. The summed E-state index contributed by atoms with van der Waals surface area (Å²) in [5.41, 5.74) is 2.10. The number of methoxy groups -OCH3 is 2. The Hall–Kier alpha value is -2.89. The van der Waals surface area contributed by atoms with Crippen LogP contribution in [0.2, 0.25) is 0 Å².